The van der Waals surface area contributed by atoms with Crippen LogP contribution in [0.15, 0.2) is 40.8 Å². The van der Waals surface area contributed by atoms with Crippen molar-refractivity contribution >= 4 is 23.2 Å². The highest BCUT2D eigenvalue weighted by molar-refractivity contribution is 7.81. The van der Waals surface area contributed by atoms with Crippen molar-refractivity contribution in [1.29, 1.82) is 0 Å². The first-order valence-corrected chi connectivity index (χ1v) is 6.33. The SMILES string of the molecule is Cc1ccc(C=CC(=S)c2cc(C)oc2C)cc1. The molecular weight excluding hydrogens is 240 g/mol. The van der Waals surface area contributed by atoms with E-state index in [1.807, 2.05) is 32.1 Å². The minimum Gasteiger partial charge on any atom is -0.466 e. The summed E-state index contributed by atoms with van der Waals surface area (Å²) in [5.74, 6) is 1.78. The Balaban J connectivity index is 2.16. The van der Waals surface area contributed by atoms with Crippen molar-refractivity contribution in [3.05, 3.63) is 64.6 Å². The second-order valence-electron chi connectivity index (χ2n) is 4.44. The lowest BCUT2D eigenvalue weighted by Crippen LogP contribution is -1.91. The highest BCUT2D eigenvalue weighted by Gasteiger charge is 2.06. The number of aryl methyl sites for hydroxylation is 3. The third-order valence-corrected chi connectivity index (χ3v) is 3.17. The Labute approximate surface area is 113 Å². The summed E-state index contributed by atoms with van der Waals surface area (Å²) in [6.07, 6.45) is 3.99. The summed E-state index contributed by atoms with van der Waals surface area (Å²) in [7, 11) is 0. The highest BCUT2D eigenvalue weighted by Crippen LogP contribution is 2.16. The summed E-state index contributed by atoms with van der Waals surface area (Å²) in [6, 6.07) is 10.3. The van der Waals surface area contributed by atoms with E-state index in [-0.39, 0.29) is 0 Å². The van der Waals surface area contributed by atoms with E-state index in [9.17, 15) is 0 Å². The van der Waals surface area contributed by atoms with Gasteiger partial charge >= 0.3 is 0 Å². The van der Waals surface area contributed by atoms with Crippen molar-refractivity contribution in [2.24, 2.45) is 0 Å². The van der Waals surface area contributed by atoms with Crippen LogP contribution in [0.25, 0.3) is 6.08 Å². The van der Waals surface area contributed by atoms with Crippen molar-refractivity contribution in [2.45, 2.75) is 20.8 Å². The van der Waals surface area contributed by atoms with Gasteiger partial charge < -0.3 is 4.42 Å². The van der Waals surface area contributed by atoms with Crippen LogP contribution in [0.1, 0.15) is 28.2 Å². The van der Waals surface area contributed by atoms with E-state index in [4.69, 9.17) is 16.6 Å². The van der Waals surface area contributed by atoms with Crippen LogP contribution in [-0.4, -0.2) is 4.86 Å². The molecule has 0 spiro atoms. The molecule has 1 nitrogen and oxygen atoms in total. The average molecular weight is 256 g/mol. The van der Waals surface area contributed by atoms with Crippen LogP contribution in [0.4, 0.5) is 0 Å². The Morgan fingerprint density at radius 3 is 2.33 bits per heavy atom. The van der Waals surface area contributed by atoms with E-state index in [1.165, 1.54) is 5.56 Å². The third-order valence-electron chi connectivity index (χ3n) is 2.81. The molecule has 0 aliphatic heterocycles. The minimum atomic E-state index is 0.810. The van der Waals surface area contributed by atoms with Crippen molar-refractivity contribution in [3.8, 4) is 0 Å². The number of benzene rings is 1. The molecule has 1 aromatic heterocycles. The first-order chi connectivity index (χ1) is 8.56. The summed E-state index contributed by atoms with van der Waals surface area (Å²) in [4.78, 5) is 0.810. The average Bonchev–Trinajstić information content (AvgIpc) is 2.67. The molecule has 0 aliphatic rings. The molecule has 0 unspecified atom stereocenters. The van der Waals surface area contributed by atoms with Crippen LogP contribution in [0.5, 0.6) is 0 Å². The molecule has 2 heteroatoms. The van der Waals surface area contributed by atoms with Gasteiger partial charge in [-0.2, -0.15) is 0 Å². The normalized spacial score (nSPS) is 11.1. The summed E-state index contributed by atoms with van der Waals surface area (Å²) in [6.45, 7) is 5.95. The standard InChI is InChI=1S/C16H16OS/c1-11-4-6-14(7-5-11)8-9-16(18)15-10-12(2)17-13(15)3/h4-10H,1-3H3. The Hall–Kier alpha value is -1.67. The molecule has 0 saturated heterocycles. The Kier molecular flexibility index (Phi) is 3.78. The molecule has 0 saturated carbocycles. The lowest BCUT2D eigenvalue weighted by atomic mass is 10.1. The molecule has 0 radical (unpaired) electrons. The van der Waals surface area contributed by atoms with Crippen molar-refractivity contribution in [1.82, 2.24) is 0 Å². The van der Waals surface area contributed by atoms with Gasteiger partial charge in [-0.3, -0.25) is 0 Å². The summed E-state index contributed by atoms with van der Waals surface area (Å²) >= 11 is 5.40. The van der Waals surface area contributed by atoms with Crippen molar-refractivity contribution < 1.29 is 4.42 Å². The highest BCUT2D eigenvalue weighted by atomic mass is 32.1. The zero-order valence-electron chi connectivity index (χ0n) is 10.9. The number of furan rings is 1. The number of hydrogen-bond acceptors (Lipinski definition) is 2. The molecule has 0 N–H and O–H groups in total. The van der Waals surface area contributed by atoms with Crippen LogP contribution in [0.2, 0.25) is 0 Å². The molecule has 2 rings (SSSR count). The fraction of sp³-hybridized carbons (Fsp3) is 0.188. The minimum absolute atomic E-state index is 0.810. The largest absolute Gasteiger partial charge is 0.466 e. The monoisotopic (exact) mass is 256 g/mol. The second kappa shape index (κ2) is 5.32. The predicted molar refractivity (Wildman–Crippen MR) is 80.1 cm³/mol. The van der Waals surface area contributed by atoms with E-state index in [2.05, 4.69) is 31.2 Å². The smallest absolute Gasteiger partial charge is 0.109 e. The molecule has 1 heterocycles. The molecule has 92 valence electrons. The van der Waals surface area contributed by atoms with Gasteiger partial charge in [0.15, 0.2) is 0 Å². The predicted octanol–water partition coefficient (Wildman–Crippen LogP) is 4.64. The molecular formula is C16H16OS. The van der Waals surface area contributed by atoms with E-state index in [0.717, 1.165) is 27.5 Å². The van der Waals surface area contributed by atoms with Crippen LogP contribution in [0.3, 0.4) is 0 Å². The molecule has 0 atom stereocenters. The van der Waals surface area contributed by atoms with Crippen LogP contribution in [-0.2, 0) is 0 Å². The molecule has 0 bridgehead atoms. The van der Waals surface area contributed by atoms with E-state index < -0.39 is 0 Å². The van der Waals surface area contributed by atoms with Crippen LogP contribution in [0, 0.1) is 20.8 Å². The topological polar surface area (TPSA) is 13.1 Å². The Morgan fingerprint density at radius 1 is 1.11 bits per heavy atom. The van der Waals surface area contributed by atoms with Gasteiger partial charge in [-0.25, -0.2) is 0 Å². The van der Waals surface area contributed by atoms with Gasteiger partial charge in [-0.15, -0.1) is 0 Å². The van der Waals surface area contributed by atoms with E-state index in [1.54, 1.807) is 0 Å². The molecule has 18 heavy (non-hydrogen) atoms. The summed E-state index contributed by atoms with van der Waals surface area (Å²) in [5.41, 5.74) is 3.42. The van der Waals surface area contributed by atoms with Crippen LogP contribution < -0.4 is 0 Å². The maximum absolute atomic E-state index is 5.48. The maximum Gasteiger partial charge on any atom is 0.109 e. The first kappa shape index (κ1) is 12.8. The Bertz CT molecular complexity index is 588. The van der Waals surface area contributed by atoms with E-state index in [0.29, 0.717) is 0 Å². The van der Waals surface area contributed by atoms with E-state index >= 15 is 0 Å². The lowest BCUT2D eigenvalue weighted by Gasteiger charge is -1.97. The zero-order valence-corrected chi connectivity index (χ0v) is 11.7. The quantitative estimate of drug-likeness (QED) is 0.451. The second-order valence-corrected chi connectivity index (χ2v) is 4.88. The van der Waals surface area contributed by atoms with Gasteiger partial charge in [-0.05, 0) is 38.5 Å². The number of hydrogen-bond donors (Lipinski definition) is 0. The maximum atomic E-state index is 5.48. The first-order valence-electron chi connectivity index (χ1n) is 5.92. The fourth-order valence-corrected chi connectivity index (χ4v) is 2.09. The molecule has 1 aromatic carbocycles. The van der Waals surface area contributed by atoms with Gasteiger partial charge in [0.1, 0.15) is 11.5 Å². The zero-order chi connectivity index (χ0) is 13.1. The number of thiocarbonyl (C=S) groups is 1. The summed E-state index contributed by atoms with van der Waals surface area (Å²) < 4.78 is 5.48. The van der Waals surface area contributed by atoms with Crippen molar-refractivity contribution in [3.63, 3.8) is 0 Å². The van der Waals surface area contributed by atoms with Gasteiger partial charge in [0.2, 0.25) is 0 Å². The summed E-state index contributed by atoms with van der Waals surface area (Å²) in [5, 5.41) is 0. The number of allylic oxidation sites excluding steroid dienone is 1. The van der Waals surface area contributed by atoms with Gasteiger partial charge in [0, 0.05) is 10.4 Å². The van der Waals surface area contributed by atoms with Gasteiger partial charge in [0.25, 0.3) is 0 Å². The van der Waals surface area contributed by atoms with Gasteiger partial charge in [0.05, 0.1) is 0 Å². The Morgan fingerprint density at radius 2 is 1.78 bits per heavy atom. The van der Waals surface area contributed by atoms with Gasteiger partial charge in [-0.1, -0.05) is 48.1 Å². The lowest BCUT2D eigenvalue weighted by molar-refractivity contribution is 0.504. The molecule has 2 aromatic rings. The van der Waals surface area contributed by atoms with Crippen LogP contribution >= 0.6 is 12.2 Å². The third kappa shape index (κ3) is 2.96. The molecule has 0 fully saturated rings. The fourth-order valence-electron chi connectivity index (χ4n) is 1.81. The molecule has 0 amide bonds. The molecule has 0 aliphatic carbocycles. The number of rotatable bonds is 3. The van der Waals surface area contributed by atoms with Crippen molar-refractivity contribution in [2.75, 3.05) is 0 Å².